The lowest BCUT2D eigenvalue weighted by molar-refractivity contribution is -0.121. The molecule has 0 saturated carbocycles. The minimum Gasteiger partial charge on any atom is -0.370 e. The molecule has 2 aliphatic heterocycles. The van der Waals surface area contributed by atoms with E-state index in [0.717, 1.165) is 24.5 Å². The number of rotatable bonds is 2. The number of nitrogens with zero attached hydrogens (tertiary/aromatic N) is 2. The third-order valence-corrected chi connectivity index (χ3v) is 4.10. The first kappa shape index (κ1) is 13.2. The van der Waals surface area contributed by atoms with E-state index in [-0.39, 0.29) is 24.7 Å². The standard InChI is InChI=1S/C16H20N2O2/c19-13-11-16(20)18(12-13)15-8-4-3-7-14(15)17-9-5-1-2-6-10-17/h3-4,7-8H,1-2,5-6,9-12H2. The molecule has 2 heterocycles. The molecule has 0 aromatic heterocycles. The molecule has 2 saturated heterocycles. The second-order valence-electron chi connectivity index (χ2n) is 5.59. The van der Waals surface area contributed by atoms with Gasteiger partial charge in [-0.25, -0.2) is 0 Å². The Hall–Kier alpha value is -1.84. The number of benzene rings is 1. The molecule has 0 bridgehead atoms. The fourth-order valence-electron chi connectivity index (χ4n) is 3.08. The SMILES string of the molecule is O=C1CC(=O)N(c2ccccc2N2CCCCCC2)C1. The molecule has 2 aliphatic rings. The van der Waals surface area contributed by atoms with Crippen LogP contribution in [0.4, 0.5) is 11.4 Å². The predicted octanol–water partition coefficient (Wildman–Crippen LogP) is 2.37. The summed E-state index contributed by atoms with van der Waals surface area (Å²) in [7, 11) is 0. The lowest BCUT2D eigenvalue weighted by atomic mass is 10.2. The number of hydrogen-bond acceptors (Lipinski definition) is 3. The van der Waals surface area contributed by atoms with E-state index in [4.69, 9.17) is 0 Å². The van der Waals surface area contributed by atoms with Crippen molar-refractivity contribution >= 4 is 23.1 Å². The van der Waals surface area contributed by atoms with Crippen molar-refractivity contribution in [2.75, 3.05) is 29.4 Å². The van der Waals surface area contributed by atoms with E-state index in [1.54, 1.807) is 4.90 Å². The zero-order chi connectivity index (χ0) is 13.9. The first-order valence-corrected chi connectivity index (χ1v) is 7.42. The molecule has 0 unspecified atom stereocenters. The van der Waals surface area contributed by atoms with Gasteiger partial charge in [-0.05, 0) is 25.0 Å². The van der Waals surface area contributed by atoms with E-state index in [2.05, 4.69) is 11.0 Å². The van der Waals surface area contributed by atoms with E-state index >= 15 is 0 Å². The lowest BCUT2D eigenvalue weighted by Crippen LogP contribution is -2.30. The molecule has 20 heavy (non-hydrogen) atoms. The highest BCUT2D eigenvalue weighted by Crippen LogP contribution is 2.32. The molecule has 1 aromatic carbocycles. The number of hydrogen-bond donors (Lipinski definition) is 0. The summed E-state index contributed by atoms with van der Waals surface area (Å²) >= 11 is 0. The summed E-state index contributed by atoms with van der Waals surface area (Å²) in [5, 5.41) is 0. The van der Waals surface area contributed by atoms with Crippen molar-refractivity contribution in [3.63, 3.8) is 0 Å². The van der Waals surface area contributed by atoms with Gasteiger partial charge in [0.2, 0.25) is 5.91 Å². The van der Waals surface area contributed by atoms with E-state index < -0.39 is 0 Å². The minimum atomic E-state index is -0.0720. The molecule has 0 N–H and O–H groups in total. The van der Waals surface area contributed by atoms with Crippen molar-refractivity contribution in [3.05, 3.63) is 24.3 Å². The Kier molecular flexibility index (Phi) is 3.72. The average molecular weight is 272 g/mol. The van der Waals surface area contributed by atoms with Gasteiger partial charge in [0.05, 0.1) is 24.3 Å². The third kappa shape index (κ3) is 2.55. The first-order chi connectivity index (χ1) is 9.75. The summed E-state index contributed by atoms with van der Waals surface area (Å²) < 4.78 is 0. The number of carbonyl (C=O) groups excluding carboxylic acids is 2. The van der Waals surface area contributed by atoms with Crippen LogP contribution in [0.5, 0.6) is 0 Å². The topological polar surface area (TPSA) is 40.6 Å². The zero-order valence-electron chi connectivity index (χ0n) is 11.7. The molecule has 0 atom stereocenters. The summed E-state index contributed by atoms with van der Waals surface area (Å²) in [6.45, 7) is 2.30. The summed E-state index contributed by atoms with van der Waals surface area (Å²) in [5.74, 6) is -0.0575. The number of Topliss-reactive ketones (excluding diaryl/α,β-unsaturated/α-hetero) is 1. The predicted molar refractivity (Wildman–Crippen MR) is 79.1 cm³/mol. The molecule has 0 aliphatic carbocycles. The quantitative estimate of drug-likeness (QED) is 0.776. The van der Waals surface area contributed by atoms with Gasteiger partial charge in [-0.2, -0.15) is 0 Å². The number of amides is 1. The molecule has 4 nitrogen and oxygen atoms in total. The number of anilines is 2. The van der Waals surface area contributed by atoms with Crippen LogP contribution in [0.1, 0.15) is 32.1 Å². The Labute approximate surface area is 119 Å². The number of ketones is 1. The zero-order valence-corrected chi connectivity index (χ0v) is 11.7. The highest BCUT2D eigenvalue weighted by molar-refractivity contribution is 6.16. The maximum atomic E-state index is 12.0. The van der Waals surface area contributed by atoms with Crippen LogP contribution in [0, 0.1) is 0 Å². The summed E-state index contributed by atoms with van der Waals surface area (Å²) in [5.41, 5.74) is 1.99. The number of para-hydroxylation sites is 2. The fourth-order valence-corrected chi connectivity index (χ4v) is 3.08. The van der Waals surface area contributed by atoms with Gasteiger partial charge in [-0.15, -0.1) is 0 Å². The minimum absolute atomic E-state index is 0.0145. The normalized spacial score (nSPS) is 20.4. The van der Waals surface area contributed by atoms with Gasteiger partial charge in [-0.1, -0.05) is 25.0 Å². The second kappa shape index (κ2) is 5.65. The Bertz CT molecular complexity index is 519. The molecule has 1 amide bonds. The highest BCUT2D eigenvalue weighted by Gasteiger charge is 2.30. The molecule has 0 spiro atoms. The van der Waals surface area contributed by atoms with Crippen LogP contribution in [0.15, 0.2) is 24.3 Å². The highest BCUT2D eigenvalue weighted by atomic mass is 16.2. The maximum absolute atomic E-state index is 12.0. The van der Waals surface area contributed by atoms with E-state index in [1.165, 1.54) is 25.7 Å². The van der Waals surface area contributed by atoms with Gasteiger partial charge in [0.25, 0.3) is 0 Å². The van der Waals surface area contributed by atoms with Crippen LogP contribution in [-0.2, 0) is 9.59 Å². The van der Waals surface area contributed by atoms with E-state index in [9.17, 15) is 9.59 Å². The molecule has 3 rings (SSSR count). The molecule has 2 fully saturated rings. The van der Waals surface area contributed by atoms with Crippen LogP contribution < -0.4 is 9.80 Å². The van der Waals surface area contributed by atoms with Crippen molar-refractivity contribution in [1.29, 1.82) is 0 Å². The van der Waals surface area contributed by atoms with Gasteiger partial charge < -0.3 is 9.80 Å². The monoisotopic (exact) mass is 272 g/mol. The van der Waals surface area contributed by atoms with Gasteiger partial charge in [0.1, 0.15) is 0 Å². The van der Waals surface area contributed by atoms with Crippen molar-refractivity contribution in [2.45, 2.75) is 32.1 Å². The smallest absolute Gasteiger partial charge is 0.234 e. The van der Waals surface area contributed by atoms with Crippen LogP contribution in [-0.4, -0.2) is 31.3 Å². The second-order valence-corrected chi connectivity index (χ2v) is 5.59. The van der Waals surface area contributed by atoms with Crippen molar-refractivity contribution in [1.82, 2.24) is 0 Å². The average Bonchev–Trinajstić information content (AvgIpc) is 2.68. The van der Waals surface area contributed by atoms with Crippen molar-refractivity contribution in [2.24, 2.45) is 0 Å². The van der Waals surface area contributed by atoms with Crippen molar-refractivity contribution < 1.29 is 9.59 Å². The first-order valence-electron chi connectivity index (χ1n) is 7.42. The molecule has 1 aromatic rings. The number of carbonyl (C=O) groups is 2. The van der Waals surface area contributed by atoms with Crippen LogP contribution in [0.25, 0.3) is 0 Å². The summed E-state index contributed by atoms with van der Waals surface area (Å²) in [6, 6.07) is 7.96. The Morgan fingerprint density at radius 1 is 0.850 bits per heavy atom. The largest absolute Gasteiger partial charge is 0.370 e. The van der Waals surface area contributed by atoms with Crippen LogP contribution >= 0.6 is 0 Å². The third-order valence-electron chi connectivity index (χ3n) is 4.10. The van der Waals surface area contributed by atoms with Gasteiger partial charge in [0.15, 0.2) is 5.78 Å². The van der Waals surface area contributed by atoms with Gasteiger partial charge in [-0.3, -0.25) is 9.59 Å². The molecular weight excluding hydrogens is 252 g/mol. The molecule has 106 valence electrons. The van der Waals surface area contributed by atoms with Gasteiger partial charge in [0, 0.05) is 13.1 Å². The van der Waals surface area contributed by atoms with Crippen LogP contribution in [0.2, 0.25) is 0 Å². The van der Waals surface area contributed by atoms with Crippen LogP contribution in [0.3, 0.4) is 0 Å². The van der Waals surface area contributed by atoms with E-state index in [0.29, 0.717) is 0 Å². The van der Waals surface area contributed by atoms with Gasteiger partial charge >= 0.3 is 0 Å². The molecular formula is C16H20N2O2. The molecule has 0 radical (unpaired) electrons. The summed E-state index contributed by atoms with van der Waals surface area (Å²) in [4.78, 5) is 27.5. The van der Waals surface area contributed by atoms with E-state index in [1.807, 2.05) is 18.2 Å². The van der Waals surface area contributed by atoms with Crippen molar-refractivity contribution in [3.8, 4) is 0 Å². The maximum Gasteiger partial charge on any atom is 0.234 e. The lowest BCUT2D eigenvalue weighted by Gasteiger charge is -2.28. The Morgan fingerprint density at radius 2 is 1.50 bits per heavy atom. The summed E-state index contributed by atoms with van der Waals surface area (Å²) in [6.07, 6.45) is 5.00. The molecule has 4 heteroatoms. The Balaban J connectivity index is 1.91. The Morgan fingerprint density at radius 3 is 2.10 bits per heavy atom. The fraction of sp³-hybridized carbons (Fsp3) is 0.500.